The molecule has 0 bridgehead atoms. The Bertz CT molecular complexity index is 550. The Balaban J connectivity index is 2.85. The molecular formula is C13H16ClN3O4. The smallest absolute Gasteiger partial charge is 0.312 e. The summed E-state index contributed by atoms with van der Waals surface area (Å²) in [4.78, 5) is 33.7. The molecule has 1 rings (SSSR count). The first kappa shape index (κ1) is 16.8. The Labute approximate surface area is 126 Å². The van der Waals surface area contributed by atoms with Crippen LogP contribution in [0.2, 0.25) is 5.02 Å². The zero-order valence-electron chi connectivity index (χ0n) is 11.3. The number of ether oxygens (including phenoxy) is 1. The number of carbonyl (C=O) groups excluding carboxylic acids is 3. The monoisotopic (exact) mass is 313 g/mol. The summed E-state index contributed by atoms with van der Waals surface area (Å²) in [6, 6.07) is 5.10. The molecule has 0 unspecified atom stereocenters. The first-order chi connectivity index (χ1) is 9.81. The van der Waals surface area contributed by atoms with E-state index >= 15 is 0 Å². The molecule has 21 heavy (non-hydrogen) atoms. The molecule has 2 atom stereocenters. The van der Waals surface area contributed by atoms with Crippen LogP contribution >= 0.6 is 11.6 Å². The summed E-state index contributed by atoms with van der Waals surface area (Å²) in [5.41, 5.74) is 10.6. The number of rotatable bonds is 6. The van der Waals surface area contributed by atoms with Gasteiger partial charge in [0.05, 0.1) is 12.5 Å². The van der Waals surface area contributed by atoms with Crippen molar-refractivity contribution >= 4 is 29.5 Å². The minimum absolute atomic E-state index is 0.232. The lowest BCUT2D eigenvalue weighted by molar-refractivity contribution is -0.154. The van der Waals surface area contributed by atoms with Gasteiger partial charge in [0.15, 0.2) is 6.10 Å². The molecule has 0 radical (unpaired) electrons. The molecule has 0 aliphatic carbocycles. The van der Waals surface area contributed by atoms with Crippen molar-refractivity contribution in [2.45, 2.75) is 25.5 Å². The van der Waals surface area contributed by atoms with Gasteiger partial charge in [-0.1, -0.05) is 29.8 Å². The molecule has 1 aromatic rings. The summed E-state index contributed by atoms with van der Waals surface area (Å²) in [5, 5.41) is 2.78. The van der Waals surface area contributed by atoms with Crippen molar-refractivity contribution in [3.05, 3.63) is 34.9 Å². The van der Waals surface area contributed by atoms with Gasteiger partial charge in [0.1, 0.15) is 0 Å². The van der Waals surface area contributed by atoms with Gasteiger partial charge in [0, 0.05) is 5.02 Å². The SMILES string of the molecule is C[C@@H](OC(=O)C[C@@H](NC(N)=O)c1ccccc1Cl)C(N)=O. The summed E-state index contributed by atoms with van der Waals surface area (Å²) in [7, 11) is 0. The number of primary amides is 2. The maximum absolute atomic E-state index is 11.8. The lowest BCUT2D eigenvalue weighted by Gasteiger charge is -2.19. The van der Waals surface area contributed by atoms with Crippen LogP contribution in [0.1, 0.15) is 24.9 Å². The number of amides is 3. The molecule has 0 aliphatic heterocycles. The zero-order valence-corrected chi connectivity index (χ0v) is 12.1. The van der Waals surface area contributed by atoms with Crippen molar-refractivity contribution in [2.24, 2.45) is 11.5 Å². The van der Waals surface area contributed by atoms with Gasteiger partial charge < -0.3 is 21.5 Å². The highest BCUT2D eigenvalue weighted by Gasteiger charge is 2.22. The van der Waals surface area contributed by atoms with E-state index in [0.29, 0.717) is 10.6 Å². The molecule has 0 spiro atoms. The normalized spacial score (nSPS) is 13.0. The second kappa shape index (κ2) is 7.49. The average molecular weight is 314 g/mol. The second-order valence-corrected chi connectivity index (χ2v) is 4.73. The van der Waals surface area contributed by atoms with Gasteiger partial charge in [-0.3, -0.25) is 9.59 Å². The molecule has 0 aromatic heterocycles. The molecule has 0 saturated heterocycles. The number of nitrogens with one attached hydrogen (secondary N) is 1. The lowest BCUT2D eigenvalue weighted by atomic mass is 10.0. The van der Waals surface area contributed by atoms with Crippen LogP contribution in [-0.2, 0) is 14.3 Å². The first-order valence-corrected chi connectivity index (χ1v) is 6.48. The summed E-state index contributed by atoms with van der Waals surface area (Å²) in [5.74, 6) is -1.47. The van der Waals surface area contributed by atoms with E-state index < -0.39 is 30.1 Å². The predicted molar refractivity (Wildman–Crippen MR) is 76.3 cm³/mol. The van der Waals surface area contributed by atoms with Gasteiger partial charge in [-0.05, 0) is 18.6 Å². The average Bonchev–Trinajstić information content (AvgIpc) is 2.37. The first-order valence-electron chi connectivity index (χ1n) is 6.10. The van der Waals surface area contributed by atoms with Crippen LogP contribution in [0.4, 0.5) is 4.79 Å². The van der Waals surface area contributed by atoms with E-state index in [1.165, 1.54) is 6.92 Å². The van der Waals surface area contributed by atoms with Gasteiger partial charge in [0.2, 0.25) is 0 Å². The molecule has 7 nitrogen and oxygen atoms in total. The lowest BCUT2D eigenvalue weighted by Crippen LogP contribution is -2.36. The zero-order chi connectivity index (χ0) is 16.0. The standard InChI is InChI=1S/C13H16ClN3O4/c1-7(12(15)19)21-11(18)6-10(17-13(16)20)8-4-2-3-5-9(8)14/h2-5,7,10H,6H2,1H3,(H2,15,19)(H3,16,17,20)/t7-,10-/m1/s1. The van der Waals surface area contributed by atoms with E-state index in [0.717, 1.165) is 0 Å². The van der Waals surface area contributed by atoms with E-state index in [-0.39, 0.29) is 6.42 Å². The second-order valence-electron chi connectivity index (χ2n) is 4.32. The molecule has 3 amide bonds. The van der Waals surface area contributed by atoms with E-state index in [1.54, 1.807) is 24.3 Å². The number of benzene rings is 1. The molecule has 0 fully saturated rings. The Morgan fingerprint density at radius 3 is 2.43 bits per heavy atom. The van der Waals surface area contributed by atoms with Crippen LogP contribution in [0.5, 0.6) is 0 Å². The number of hydrogen-bond acceptors (Lipinski definition) is 4. The Hall–Kier alpha value is -2.28. The van der Waals surface area contributed by atoms with E-state index in [1.807, 2.05) is 0 Å². The van der Waals surface area contributed by atoms with Crippen LogP contribution in [0.25, 0.3) is 0 Å². The minimum Gasteiger partial charge on any atom is -0.452 e. The highest BCUT2D eigenvalue weighted by molar-refractivity contribution is 6.31. The number of esters is 1. The summed E-state index contributed by atoms with van der Waals surface area (Å²) in [6.45, 7) is 1.35. The van der Waals surface area contributed by atoms with Gasteiger partial charge >= 0.3 is 12.0 Å². The number of halogens is 1. The van der Waals surface area contributed by atoms with Crippen molar-refractivity contribution in [3.8, 4) is 0 Å². The predicted octanol–water partition coefficient (Wildman–Crippen LogP) is 0.856. The fourth-order valence-corrected chi connectivity index (χ4v) is 1.91. The van der Waals surface area contributed by atoms with E-state index in [4.69, 9.17) is 27.8 Å². The molecule has 5 N–H and O–H groups in total. The molecule has 1 aromatic carbocycles. The highest BCUT2D eigenvalue weighted by Crippen LogP contribution is 2.25. The molecular weight excluding hydrogens is 298 g/mol. The van der Waals surface area contributed by atoms with Crippen LogP contribution in [0, 0.1) is 0 Å². The van der Waals surface area contributed by atoms with Crippen LogP contribution in [0.3, 0.4) is 0 Å². The van der Waals surface area contributed by atoms with Crippen molar-refractivity contribution in [3.63, 3.8) is 0 Å². The van der Waals surface area contributed by atoms with Crippen LogP contribution in [-0.4, -0.2) is 24.0 Å². The molecule has 0 aliphatic rings. The fourth-order valence-electron chi connectivity index (χ4n) is 1.64. The summed E-state index contributed by atoms with van der Waals surface area (Å²) < 4.78 is 4.84. The summed E-state index contributed by atoms with van der Waals surface area (Å²) in [6.07, 6.45) is -1.29. The third kappa shape index (κ3) is 5.31. The fraction of sp³-hybridized carbons (Fsp3) is 0.308. The number of nitrogens with two attached hydrogens (primary N) is 2. The number of urea groups is 1. The van der Waals surface area contributed by atoms with Crippen molar-refractivity contribution < 1.29 is 19.1 Å². The van der Waals surface area contributed by atoms with Gasteiger partial charge in [0.25, 0.3) is 5.91 Å². The highest BCUT2D eigenvalue weighted by atomic mass is 35.5. The van der Waals surface area contributed by atoms with Crippen LogP contribution in [0.15, 0.2) is 24.3 Å². The van der Waals surface area contributed by atoms with Crippen molar-refractivity contribution in [2.75, 3.05) is 0 Å². The maximum atomic E-state index is 11.8. The van der Waals surface area contributed by atoms with Crippen LogP contribution < -0.4 is 16.8 Å². The molecule has 8 heteroatoms. The number of hydrogen-bond donors (Lipinski definition) is 3. The topological polar surface area (TPSA) is 125 Å². The molecule has 114 valence electrons. The van der Waals surface area contributed by atoms with E-state index in [2.05, 4.69) is 5.32 Å². The molecule has 0 heterocycles. The molecule has 0 saturated carbocycles. The quantitative estimate of drug-likeness (QED) is 0.673. The minimum atomic E-state index is -1.06. The maximum Gasteiger partial charge on any atom is 0.312 e. The van der Waals surface area contributed by atoms with Crippen molar-refractivity contribution in [1.29, 1.82) is 0 Å². The third-order valence-electron chi connectivity index (χ3n) is 2.68. The largest absolute Gasteiger partial charge is 0.452 e. The van der Waals surface area contributed by atoms with Gasteiger partial charge in [-0.2, -0.15) is 0 Å². The van der Waals surface area contributed by atoms with Gasteiger partial charge in [-0.25, -0.2) is 4.79 Å². The Kier molecular flexibility index (Phi) is 5.98. The number of carbonyl (C=O) groups is 3. The summed E-state index contributed by atoms with van der Waals surface area (Å²) >= 11 is 6.02. The van der Waals surface area contributed by atoms with Gasteiger partial charge in [-0.15, -0.1) is 0 Å². The Morgan fingerprint density at radius 2 is 1.90 bits per heavy atom. The van der Waals surface area contributed by atoms with Crippen molar-refractivity contribution in [1.82, 2.24) is 5.32 Å². The van der Waals surface area contributed by atoms with E-state index in [9.17, 15) is 14.4 Å². The third-order valence-corrected chi connectivity index (χ3v) is 3.02. The Morgan fingerprint density at radius 1 is 1.29 bits per heavy atom.